The number of aromatic nitrogens is 3. The van der Waals surface area contributed by atoms with Gasteiger partial charge in [-0.2, -0.15) is 0 Å². The van der Waals surface area contributed by atoms with Crippen LogP contribution in [-0.2, 0) is 20.5 Å². The Bertz CT molecular complexity index is 1330. The Kier molecular flexibility index (Phi) is 6.20. The average Bonchev–Trinajstić information content (AvgIpc) is 3.15. The number of carbonyl (C=O) groups is 1. The number of hydrogen-bond acceptors (Lipinski definition) is 6. The SMILES string of the molecule is CC(C)(C)OC(=O)N1CC=C(c2cc3c(Cl)ncnc3n2S(=O)(=O)Cc2ccccc2)CC1. The van der Waals surface area contributed by atoms with E-state index in [4.69, 9.17) is 16.3 Å². The molecule has 0 saturated carbocycles. The van der Waals surface area contributed by atoms with Gasteiger partial charge >= 0.3 is 6.09 Å². The number of fused-ring (bicyclic) bond motifs is 1. The first-order valence-electron chi connectivity index (χ1n) is 10.5. The first-order valence-corrected chi connectivity index (χ1v) is 12.5. The summed E-state index contributed by atoms with van der Waals surface area (Å²) in [5.41, 5.74) is 1.58. The van der Waals surface area contributed by atoms with E-state index in [0.717, 1.165) is 5.57 Å². The van der Waals surface area contributed by atoms with Crippen molar-refractivity contribution in [3.8, 4) is 0 Å². The maximum atomic E-state index is 13.5. The molecule has 4 rings (SSSR count). The monoisotopic (exact) mass is 488 g/mol. The molecule has 1 amide bonds. The Morgan fingerprint density at radius 3 is 2.55 bits per heavy atom. The Hall–Kier alpha value is -2.91. The first-order chi connectivity index (χ1) is 15.5. The average molecular weight is 489 g/mol. The van der Waals surface area contributed by atoms with Crippen molar-refractivity contribution in [2.24, 2.45) is 0 Å². The van der Waals surface area contributed by atoms with Crippen LogP contribution in [0.5, 0.6) is 0 Å². The lowest BCUT2D eigenvalue weighted by atomic mass is 10.1. The lowest BCUT2D eigenvalue weighted by Gasteiger charge is -2.29. The number of benzene rings is 1. The molecule has 3 heterocycles. The van der Waals surface area contributed by atoms with Crippen LogP contribution in [0.3, 0.4) is 0 Å². The second kappa shape index (κ2) is 8.79. The number of nitrogens with zero attached hydrogens (tertiary/aromatic N) is 4. The Balaban J connectivity index is 1.73. The molecule has 1 aliphatic heterocycles. The lowest BCUT2D eigenvalue weighted by Crippen LogP contribution is -2.39. The zero-order valence-corrected chi connectivity index (χ0v) is 20.2. The molecular formula is C23H25ClN4O4S. The summed E-state index contributed by atoms with van der Waals surface area (Å²) in [7, 11) is -3.83. The van der Waals surface area contributed by atoms with E-state index in [1.54, 1.807) is 35.2 Å². The van der Waals surface area contributed by atoms with Crippen LogP contribution in [0.4, 0.5) is 4.79 Å². The van der Waals surface area contributed by atoms with E-state index in [1.165, 1.54) is 10.3 Å². The highest BCUT2D eigenvalue weighted by Gasteiger charge is 2.29. The van der Waals surface area contributed by atoms with Crippen molar-refractivity contribution in [3.05, 3.63) is 65.2 Å². The third-order valence-electron chi connectivity index (χ3n) is 5.17. The Morgan fingerprint density at radius 1 is 1.18 bits per heavy atom. The van der Waals surface area contributed by atoms with Crippen LogP contribution in [-0.4, -0.2) is 52.0 Å². The summed E-state index contributed by atoms with van der Waals surface area (Å²) in [5, 5.41) is 0.642. The van der Waals surface area contributed by atoms with Gasteiger partial charge in [0, 0.05) is 13.1 Å². The first kappa shape index (κ1) is 23.3. The topological polar surface area (TPSA) is 94.4 Å². The van der Waals surface area contributed by atoms with Gasteiger partial charge in [-0.05, 0) is 44.4 Å². The fourth-order valence-corrected chi connectivity index (χ4v) is 5.51. The maximum absolute atomic E-state index is 13.5. The largest absolute Gasteiger partial charge is 0.444 e. The molecule has 2 aromatic heterocycles. The van der Waals surface area contributed by atoms with Crippen LogP contribution in [0, 0.1) is 0 Å². The summed E-state index contributed by atoms with van der Waals surface area (Å²) >= 11 is 6.27. The van der Waals surface area contributed by atoms with E-state index in [-0.39, 0.29) is 16.6 Å². The van der Waals surface area contributed by atoms with Crippen LogP contribution in [0.15, 0.2) is 48.8 Å². The normalized spacial score (nSPS) is 14.9. The van der Waals surface area contributed by atoms with E-state index in [2.05, 4.69) is 9.97 Å². The van der Waals surface area contributed by atoms with Gasteiger partial charge in [0.2, 0.25) is 10.0 Å². The molecule has 0 fully saturated rings. The summed E-state index contributed by atoms with van der Waals surface area (Å²) in [6.07, 6.45) is 3.16. The fourth-order valence-electron chi connectivity index (χ4n) is 3.71. The van der Waals surface area contributed by atoms with Gasteiger partial charge in [-0.15, -0.1) is 0 Å². The third-order valence-corrected chi connectivity index (χ3v) is 7.09. The minimum absolute atomic E-state index is 0.182. The maximum Gasteiger partial charge on any atom is 0.410 e. The molecule has 10 heteroatoms. The molecule has 0 N–H and O–H groups in total. The number of hydrogen-bond donors (Lipinski definition) is 0. The molecule has 8 nitrogen and oxygen atoms in total. The third kappa shape index (κ3) is 5.04. The van der Waals surface area contributed by atoms with Crippen molar-refractivity contribution in [1.29, 1.82) is 0 Å². The lowest BCUT2D eigenvalue weighted by molar-refractivity contribution is 0.0270. The van der Waals surface area contributed by atoms with Gasteiger partial charge in [0.25, 0.3) is 0 Å². The van der Waals surface area contributed by atoms with E-state index in [1.807, 2.05) is 32.9 Å². The minimum Gasteiger partial charge on any atom is -0.444 e. The van der Waals surface area contributed by atoms with Crippen molar-refractivity contribution in [2.45, 2.75) is 38.5 Å². The predicted molar refractivity (Wildman–Crippen MR) is 127 cm³/mol. The second-order valence-electron chi connectivity index (χ2n) is 8.84. The molecule has 0 radical (unpaired) electrons. The van der Waals surface area contributed by atoms with Crippen LogP contribution in [0.1, 0.15) is 38.4 Å². The molecule has 0 unspecified atom stereocenters. The minimum atomic E-state index is -3.83. The number of amides is 1. The molecule has 3 aromatic rings. The smallest absolute Gasteiger partial charge is 0.410 e. The van der Waals surface area contributed by atoms with Crippen molar-refractivity contribution in [3.63, 3.8) is 0 Å². The van der Waals surface area contributed by atoms with Crippen molar-refractivity contribution < 1.29 is 17.9 Å². The molecule has 1 aliphatic rings. The Labute approximate surface area is 197 Å². The predicted octanol–water partition coefficient (Wildman–Crippen LogP) is 4.49. The second-order valence-corrected chi connectivity index (χ2v) is 11.0. The summed E-state index contributed by atoms with van der Waals surface area (Å²) in [4.78, 5) is 22.2. The number of halogens is 1. The molecule has 0 bridgehead atoms. The Morgan fingerprint density at radius 2 is 1.91 bits per heavy atom. The van der Waals surface area contributed by atoms with Crippen molar-refractivity contribution >= 4 is 44.3 Å². The molecule has 33 heavy (non-hydrogen) atoms. The van der Waals surface area contributed by atoms with Gasteiger partial charge in [-0.25, -0.2) is 27.2 Å². The summed E-state index contributed by atoms with van der Waals surface area (Å²) < 4.78 is 33.8. The zero-order valence-electron chi connectivity index (χ0n) is 18.7. The molecular weight excluding hydrogens is 464 g/mol. The van der Waals surface area contributed by atoms with Crippen LogP contribution >= 0.6 is 11.6 Å². The van der Waals surface area contributed by atoms with Gasteiger partial charge in [0.05, 0.1) is 16.8 Å². The quantitative estimate of drug-likeness (QED) is 0.502. The van der Waals surface area contributed by atoms with Gasteiger partial charge in [-0.3, -0.25) is 0 Å². The van der Waals surface area contributed by atoms with Gasteiger partial charge in [0.1, 0.15) is 17.1 Å². The van der Waals surface area contributed by atoms with Gasteiger partial charge < -0.3 is 9.64 Å². The highest BCUT2D eigenvalue weighted by atomic mass is 35.5. The molecule has 0 atom stereocenters. The summed E-state index contributed by atoms with van der Waals surface area (Å²) in [5.74, 6) is -0.191. The molecule has 0 aliphatic carbocycles. The van der Waals surface area contributed by atoms with Crippen LogP contribution < -0.4 is 0 Å². The molecule has 1 aromatic carbocycles. The zero-order chi connectivity index (χ0) is 23.8. The number of ether oxygens (including phenoxy) is 1. The van der Waals surface area contributed by atoms with E-state index < -0.39 is 21.7 Å². The standard InChI is InChI=1S/C23H25ClN4O4S/c1-23(2,3)32-22(29)27-11-9-17(10-12-27)19-13-18-20(24)25-15-26-21(18)28(19)33(30,31)14-16-7-5-4-6-8-16/h4-9,13,15H,10-12,14H2,1-3H3. The highest BCUT2D eigenvalue weighted by Crippen LogP contribution is 2.33. The van der Waals surface area contributed by atoms with E-state index >= 15 is 0 Å². The number of carbonyl (C=O) groups excluding carboxylic acids is 1. The fraction of sp³-hybridized carbons (Fsp3) is 0.348. The summed E-state index contributed by atoms with van der Waals surface area (Å²) in [6.45, 7) is 6.16. The molecule has 0 saturated heterocycles. The van der Waals surface area contributed by atoms with Crippen LogP contribution in [0.25, 0.3) is 16.6 Å². The van der Waals surface area contributed by atoms with Crippen LogP contribution in [0.2, 0.25) is 5.15 Å². The summed E-state index contributed by atoms with van der Waals surface area (Å²) in [6, 6.07) is 10.7. The number of rotatable bonds is 4. The van der Waals surface area contributed by atoms with Gasteiger partial charge in [-0.1, -0.05) is 48.0 Å². The van der Waals surface area contributed by atoms with Crippen molar-refractivity contribution in [1.82, 2.24) is 18.8 Å². The highest BCUT2D eigenvalue weighted by molar-refractivity contribution is 7.89. The van der Waals surface area contributed by atoms with Crippen molar-refractivity contribution in [2.75, 3.05) is 13.1 Å². The molecule has 0 spiro atoms. The van der Waals surface area contributed by atoms with Gasteiger partial charge in [0.15, 0.2) is 5.65 Å². The van der Waals surface area contributed by atoms with E-state index in [9.17, 15) is 13.2 Å². The van der Waals surface area contributed by atoms with E-state index in [0.29, 0.717) is 36.2 Å². The molecule has 174 valence electrons.